The van der Waals surface area contributed by atoms with E-state index in [0.29, 0.717) is 15.7 Å². The van der Waals surface area contributed by atoms with Gasteiger partial charge < -0.3 is 5.32 Å². The van der Waals surface area contributed by atoms with E-state index in [0.717, 1.165) is 21.2 Å². The molecule has 0 bridgehead atoms. The van der Waals surface area contributed by atoms with Crippen molar-refractivity contribution in [1.29, 1.82) is 0 Å². The number of benzene rings is 1. The number of nitrogens with one attached hydrogen (secondary N) is 1. The van der Waals surface area contributed by atoms with Crippen molar-refractivity contribution in [2.45, 2.75) is 13.8 Å². The van der Waals surface area contributed by atoms with Gasteiger partial charge in [-0.15, -0.1) is 11.3 Å². The van der Waals surface area contributed by atoms with Gasteiger partial charge in [0, 0.05) is 16.3 Å². The van der Waals surface area contributed by atoms with Crippen LogP contribution in [0.2, 0.25) is 5.02 Å². The third-order valence-electron chi connectivity index (χ3n) is 3.23. The molecular formula is C16H13ClN2OS. The lowest BCUT2D eigenvalue weighted by Crippen LogP contribution is -2.12. The molecule has 0 aliphatic rings. The summed E-state index contributed by atoms with van der Waals surface area (Å²) < 4.78 is 1.02. The largest absolute Gasteiger partial charge is 0.306 e. The number of aromatic nitrogens is 1. The van der Waals surface area contributed by atoms with Crippen molar-refractivity contribution >= 4 is 44.7 Å². The molecule has 21 heavy (non-hydrogen) atoms. The molecule has 0 atom stereocenters. The maximum atomic E-state index is 12.4. The molecule has 0 aliphatic carbocycles. The fourth-order valence-corrected chi connectivity index (χ4v) is 3.61. The van der Waals surface area contributed by atoms with Gasteiger partial charge in [0.2, 0.25) is 0 Å². The number of hydrogen-bond donors (Lipinski definition) is 1. The number of nitrogens with zero attached hydrogens (tertiary/aromatic N) is 1. The number of carbonyl (C=O) groups is 1. The Morgan fingerprint density at radius 1 is 1.29 bits per heavy atom. The number of thiophene rings is 1. The molecule has 3 rings (SSSR count). The molecule has 3 aromatic rings. The highest BCUT2D eigenvalue weighted by Crippen LogP contribution is 2.36. The number of hydrogen-bond acceptors (Lipinski definition) is 3. The van der Waals surface area contributed by atoms with E-state index in [1.54, 1.807) is 6.20 Å². The molecule has 1 aromatic carbocycles. The Kier molecular flexibility index (Phi) is 3.66. The van der Waals surface area contributed by atoms with Crippen molar-refractivity contribution in [3.8, 4) is 0 Å². The topological polar surface area (TPSA) is 42.0 Å². The first kappa shape index (κ1) is 14.0. The summed E-state index contributed by atoms with van der Waals surface area (Å²) in [5.74, 6) is 0.341. The van der Waals surface area contributed by atoms with Crippen LogP contribution in [0.5, 0.6) is 0 Å². The average molecular weight is 317 g/mol. The second-order valence-corrected chi connectivity index (χ2v) is 6.30. The quantitative estimate of drug-likeness (QED) is 0.736. The summed E-state index contributed by atoms with van der Waals surface area (Å²) in [5, 5.41) is 4.23. The van der Waals surface area contributed by atoms with Crippen molar-refractivity contribution in [3.63, 3.8) is 0 Å². The molecule has 0 spiro atoms. The Balaban J connectivity index is 1.98. The van der Waals surface area contributed by atoms with Crippen molar-refractivity contribution in [2.75, 3.05) is 5.32 Å². The fraction of sp³-hybridized carbons (Fsp3) is 0.125. The van der Waals surface area contributed by atoms with Crippen LogP contribution in [0.3, 0.4) is 0 Å². The summed E-state index contributed by atoms with van der Waals surface area (Å²) >= 11 is 7.74. The van der Waals surface area contributed by atoms with Gasteiger partial charge in [0.05, 0.1) is 5.02 Å². The molecule has 0 saturated heterocycles. The van der Waals surface area contributed by atoms with E-state index in [4.69, 9.17) is 11.6 Å². The monoisotopic (exact) mass is 316 g/mol. The zero-order chi connectivity index (χ0) is 15.0. The van der Waals surface area contributed by atoms with Gasteiger partial charge in [-0.3, -0.25) is 4.79 Å². The summed E-state index contributed by atoms with van der Waals surface area (Å²) in [4.78, 5) is 17.1. The average Bonchev–Trinajstić information content (AvgIpc) is 2.78. The van der Waals surface area contributed by atoms with Crippen molar-refractivity contribution < 1.29 is 4.79 Å². The van der Waals surface area contributed by atoms with Crippen LogP contribution in [0.1, 0.15) is 20.8 Å². The van der Waals surface area contributed by atoms with Crippen molar-refractivity contribution in [1.82, 2.24) is 4.98 Å². The molecule has 0 aliphatic heterocycles. The second kappa shape index (κ2) is 5.47. The summed E-state index contributed by atoms with van der Waals surface area (Å²) in [7, 11) is 0. The number of anilines is 1. The lowest BCUT2D eigenvalue weighted by molar-refractivity contribution is 0.103. The summed E-state index contributed by atoms with van der Waals surface area (Å²) in [6.07, 6.45) is 1.65. The van der Waals surface area contributed by atoms with Crippen molar-refractivity contribution in [2.24, 2.45) is 0 Å². The number of fused-ring (bicyclic) bond motifs is 1. The van der Waals surface area contributed by atoms with Gasteiger partial charge in [-0.25, -0.2) is 4.98 Å². The van der Waals surface area contributed by atoms with Gasteiger partial charge in [-0.05, 0) is 37.1 Å². The maximum Gasteiger partial charge on any atom is 0.268 e. The van der Waals surface area contributed by atoms with Crippen LogP contribution in [-0.4, -0.2) is 10.9 Å². The van der Waals surface area contributed by atoms with Gasteiger partial charge in [-0.1, -0.05) is 29.8 Å². The number of rotatable bonds is 2. The first-order chi connectivity index (χ1) is 10.1. The first-order valence-corrected chi connectivity index (χ1v) is 7.67. The van der Waals surface area contributed by atoms with Crippen LogP contribution in [0.4, 0.5) is 5.82 Å². The van der Waals surface area contributed by atoms with Gasteiger partial charge in [0.25, 0.3) is 5.91 Å². The predicted octanol–water partition coefficient (Wildman–Crippen LogP) is 4.82. The molecule has 0 saturated carbocycles. The van der Waals surface area contributed by atoms with E-state index in [2.05, 4.69) is 10.3 Å². The third-order valence-corrected chi connectivity index (χ3v) is 4.89. The SMILES string of the molecule is Cc1ccc2c(Cl)c(C(=O)Nc3ncccc3C)sc2c1. The Morgan fingerprint density at radius 3 is 2.86 bits per heavy atom. The molecule has 106 valence electrons. The van der Waals surface area contributed by atoms with Crippen LogP contribution in [0, 0.1) is 13.8 Å². The van der Waals surface area contributed by atoms with Crippen LogP contribution in [0.25, 0.3) is 10.1 Å². The van der Waals surface area contributed by atoms with Gasteiger partial charge >= 0.3 is 0 Å². The minimum Gasteiger partial charge on any atom is -0.306 e. The highest BCUT2D eigenvalue weighted by Gasteiger charge is 2.18. The molecule has 5 heteroatoms. The molecule has 1 N–H and O–H groups in total. The summed E-state index contributed by atoms with van der Waals surface area (Å²) in [6.45, 7) is 3.92. The van der Waals surface area contributed by atoms with E-state index in [-0.39, 0.29) is 5.91 Å². The Hall–Kier alpha value is -1.91. The van der Waals surface area contributed by atoms with Crippen LogP contribution in [0.15, 0.2) is 36.5 Å². The normalized spacial score (nSPS) is 10.8. The molecule has 0 unspecified atom stereocenters. The van der Waals surface area contributed by atoms with Gasteiger partial charge in [-0.2, -0.15) is 0 Å². The standard InChI is InChI=1S/C16H13ClN2OS/c1-9-5-6-11-12(8-9)21-14(13(11)17)16(20)19-15-10(2)4-3-7-18-15/h3-8H,1-2H3,(H,18,19,20). The number of halogens is 1. The van der Waals surface area contributed by atoms with Crippen molar-refractivity contribution in [3.05, 3.63) is 57.6 Å². The number of amides is 1. The second-order valence-electron chi connectivity index (χ2n) is 4.87. The van der Waals surface area contributed by atoms with Crippen LogP contribution < -0.4 is 5.32 Å². The minimum absolute atomic E-state index is 0.222. The van der Waals surface area contributed by atoms with E-state index in [1.165, 1.54) is 11.3 Å². The van der Waals surface area contributed by atoms with Gasteiger partial charge in [0.1, 0.15) is 10.7 Å². The smallest absolute Gasteiger partial charge is 0.268 e. The highest BCUT2D eigenvalue weighted by atomic mass is 35.5. The highest BCUT2D eigenvalue weighted by molar-refractivity contribution is 7.21. The Morgan fingerprint density at radius 2 is 2.10 bits per heavy atom. The van der Waals surface area contributed by atoms with E-state index < -0.39 is 0 Å². The summed E-state index contributed by atoms with van der Waals surface area (Å²) in [5.41, 5.74) is 2.06. The fourth-order valence-electron chi connectivity index (χ4n) is 2.10. The number of pyridine rings is 1. The summed E-state index contributed by atoms with van der Waals surface area (Å²) in [6, 6.07) is 9.71. The molecule has 0 fully saturated rings. The third kappa shape index (κ3) is 2.64. The maximum absolute atomic E-state index is 12.4. The van der Waals surface area contributed by atoms with Gasteiger partial charge in [0.15, 0.2) is 0 Å². The minimum atomic E-state index is -0.222. The van der Waals surface area contributed by atoms with Crippen LogP contribution in [-0.2, 0) is 0 Å². The lowest BCUT2D eigenvalue weighted by Gasteiger charge is -2.05. The molecule has 0 radical (unpaired) electrons. The molecule has 2 heterocycles. The zero-order valence-corrected chi connectivity index (χ0v) is 13.2. The van der Waals surface area contributed by atoms with Crippen LogP contribution >= 0.6 is 22.9 Å². The molecule has 1 amide bonds. The number of aryl methyl sites for hydroxylation is 2. The Labute approximate surface area is 131 Å². The molecular weight excluding hydrogens is 304 g/mol. The van der Waals surface area contributed by atoms with E-state index in [1.807, 2.05) is 44.2 Å². The lowest BCUT2D eigenvalue weighted by atomic mass is 10.2. The molecule has 2 aromatic heterocycles. The zero-order valence-electron chi connectivity index (χ0n) is 11.6. The first-order valence-electron chi connectivity index (χ1n) is 6.48. The molecule has 3 nitrogen and oxygen atoms in total. The predicted molar refractivity (Wildman–Crippen MR) is 88.5 cm³/mol. The number of carbonyl (C=O) groups excluding carboxylic acids is 1. The van der Waals surface area contributed by atoms with E-state index in [9.17, 15) is 4.79 Å². The Bertz CT molecular complexity index is 841. The van der Waals surface area contributed by atoms with E-state index >= 15 is 0 Å².